The molecule has 0 spiro atoms. The van der Waals surface area contributed by atoms with Gasteiger partial charge in [-0.2, -0.15) is 0 Å². The third-order valence-corrected chi connectivity index (χ3v) is 6.27. The Morgan fingerprint density at radius 2 is 1.81 bits per heavy atom. The normalized spacial score (nSPS) is 12.1. The zero-order chi connectivity index (χ0) is 19.4. The van der Waals surface area contributed by atoms with Crippen LogP contribution in [0.3, 0.4) is 0 Å². The highest BCUT2D eigenvalue weighted by atomic mass is 79.9. The Balaban J connectivity index is 1.74. The molecule has 3 aromatic rings. The van der Waals surface area contributed by atoms with Gasteiger partial charge in [0.05, 0.1) is 15.9 Å². The summed E-state index contributed by atoms with van der Waals surface area (Å²) in [5.41, 5.74) is 2.01. The zero-order valence-corrected chi connectivity index (χ0v) is 17.8. The molecular formula is C19H23BrN4O2S. The Labute approximate surface area is 168 Å². The number of fused-ring (bicyclic) bond motifs is 1. The first-order valence-corrected chi connectivity index (χ1v) is 11.0. The summed E-state index contributed by atoms with van der Waals surface area (Å²) in [6.07, 6.45) is 0.526. The number of hydrogen-bond donors (Lipinski definition) is 1. The van der Waals surface area contributed by atoms with E-state index in [1.807, 2.05) is 38.4 Å². The lowest BCUT2D eigenvalue weighted by molar-refractivity contribution is 0.383. The lowest BCUT2D eigenvalue weighted by atomic mass is 10.3. The molecule has 2 aromatic carbocycles. The van der Waals surface area contributed by atoms with E-state index in [1.54, 1.807) is 24.3 Å². The van der Waals surface area contributed by atoms with Crippen LogP contribution in [0.1, 0.15) is 5.82 Å². The number of benzene rings is 2. The molecule has 144 valence electrons. The van der Waals surface area contributed by atoms with E-state index in [0.717, 1.165) is 34.4 Å². The van der Waals surface area contributed by atoms with Crippen molar-refractivity contribution in [1.29, 1.82) is 0 Å². The molecule has 1 heterocycles. The summed E-state index contributed by atoms with van der Waals surface area (Å²) in [6, 6.07) is 14.6. The standard InChI is InChI=1S/C19H23BrN4O2S/c1-23(2)13-14-24-18-6-4-3-5-17(18)22-19(24)11-12-21-27(25,26)16-9-7-15(20)8-10-16/h3-10,21H,11-14H2,1-2H3. The van der Waals surface area contributed by atoms with Crippen LogP contribution in [-0.4, -0.2) is 50.1 Å². The predicted molar refractivity (Wildman–Crippen MR) is 111 cm³/mol. The number of likely N-dealkylation sites (N-methyl/N-ethyl adjacent to an activating group) is 1. The van der Waals surface area contributed by atoms with E-state index in [-0.39, 0.29) is 4.90 Å². The number of halogens is 1. The molecule has 0 atom stereocenters. The summed E-state index contributed by atoms with van der Waals surface area (Å²) in [4.78, 5) is 7.07. The molecule has 0 aliphatic carbocycles. The maximum absolute atomic E-state index is 12.4. The van der Waals surface area contributed by atoms with Gasteiger partial charge in [0.1, 0.15) is 5.82 Å². The first-order valence-electron chi connectivity index (χ1n) is 8.71. The van der Waals surface area contributed by atoms with Crippen molar-refractivity contribution in [2.45, 2.75) is 17.9 Å². The molecule has 0 unspecified atom stereocenters. The second-order valence-corrected chi connectivity index (χ2v) is 9.26. The Bertz CT molecular complexity index is 1010. The minimum absolute atomic E-state index is 0.256. The number of aromatic nitrogens is 2. The maximum atomic E-state index is 12.4. The van der Waals surface area contributed by atoms with E-state index in [2.05, 4.69) is 30.1 Å². The first-order chi connectivity index (χ1) is 12.9. The van der Waals surface area contributed by atoms with Crippen molar-refractivity contribution < 1.29 is 8.42 Å². The van der Waals surface area contributed by atoms with Crippen LogP contribution in [-0.2, 0) is 23.0 Å². The molecule has 1 aromatic heterocycles. The van der Waals surface area contributed by atoms with Gasteiger partial charge in [0.25, 0.3) is 0 Å². The zero-order valence-electron chi connectivity index (χ0n) is 15.4. The average Bonchev–Trinajstić information content (AvgIpc) is 2.97. The van der Waals surface area contributed by atoms with E-state index in [0.29, 0.717) is 13.0 Å². The molecule has 0 aliphatic rings. The van der Waals surface area contributed by atoms with Crippen LogP contribution in [0.5, 0.6) is 0 Å². The maximum Gasteiger partial charge on any atom is 0.240 e. The Kier molecular flexibility index (Phi) is 6.31. The number of imidazole rings is 1. The van der Waals surface area contributed by atoms with E-state index in [9.17, 15) is 8.42 Å². The molecule has 0 fully saturated rings. The van der Waals surface area contributed by atoms with E-state index >= 15 is 0 Å². The summed E-state index contributed by atoms with van der Waals surface area (Å²) in [5.74, 6) is 0.886. The Morgan fingerprint density at radius 3 is 2.52 bits per heavy atom. The molecule has 8 heteroatoms. The predicted octanol–water partition coefficient (Wildman–Crippen LogP) is 2.88. The highest BCUT2D eigenvalue weighted by Crippen LogP contribution is 2.17. The third-order valence-electron chi connectivity index (χ3n) is 4.27. The Morgan fingerprint density at radius 1 is 1.11 bits per heavy atom. The highest BCUT2D eigenvalue weighted by molar-refractivity contribution is 9.10. The van der Waals surface area contributed by atoms with Gasteiger partial charge in [-0.25, -0.2) is 18.1 Å². The summed E-state index contributed by atoms with van der Waals surface area (Å²) in [5, 5.41) is 0. The second kappa shape index (κ2) is 8.52. The number of hydrogen-bond acceptors (Lipinski definition) is 4. The van der Waals surface area contributed by atoms with Crippen molar-refractivity contribution in [3.8, 4) is 0 Å². The number of para-hydroxylation sites is 2. The molecule has 0 amide bonds. The Hall–Kier alpha value is -1.74. The van der Waals surface area contributed by atoms with E-state index in [4.69, 9.17) is 4.98 Å². The number of nitrogens with zero attached hydrogens (tertiary/aromatic N) is 3. The molecule has 0 saturated heterocycles. The van der Waals surface area contributed by atoms with Crippen LogP contribution < -0.4 is 4.72 Å². The van der Waals surface area contributed by atoms with Gasteiger partial charge in [-0.1, -0.05) is 28.1 Å². The summed E-state index contributed by atoms with van der Waals surface area (Å²) >= 11 is 3.32. The van der Waals surface area contributed by atoms with Crippen molar-refractivity contribution in [3.63, 3.8) is 0 Å². The smallest absolute Gasteiger partial charge is 0.240 e. The lowest BCUT2D eigenvalue weighted by Crippen LogP contribution is -2.27. The number of rotatable bonds is 8. The van der Waals surface area contributed by atoms with Crippen LogP contribution in [0.25, 0.3) is 11.0 Å². The molecule has 6 nitrogen and oxygen atoms in total. The van der Waals surface area contributed by atoms with Gasteiger partial charge >= 0.3 is 0 Å². The van der Waals surface area contributed by atoms with Gasteiger partial charge in [0.15, 0.2) is 0 Å². The molecule has 3 rings (SSSR count). The van der Waals surface area contributed by atoms with Crippen LogP contribution >= 0.6 is 15.9 Å². The molecule has 1 N–H and O–H groups in total. The average molecular weight is 451 g/mol. The van der Waals surface area contributed by atoms with Gasteiger partial charge in [0.2, 0.25) is 10.0 Å². The number of nitrogens with one attached hydrogen (secondary N) is 1. The van der Waals surface area contributed by atoms with Crippen molar-refractivity contribution >= 4 is 37.0 Å². The lowest BCUT2D eigenvalue weighted by Gasteiger charge is -2.13. The van der Waals surface area contributed by atoms with Gasteiger partial charge in [0, 0.05) is 30.5 Å². The van der Waals surface area contributed by atoms with Gasteiger partial charge < -0.3 is 9.47 Å². The first kappa shape index (κ1) is 20.0. The van der Waals surface area contributed by atoms with Gasteiger partial charge in [-0.05, 0) is 50.5 Å². The molecule has 0 saturated carbocycles. The van der Waals surface area contributed by atoms with Crippen LogP contribution in [0.2, 0.25) is 0 Å². The summed E-state index contributed by atoms with van der Waals surface area (Å²) in [7, 11) is 0.534. The van der Waals surface area contributed by atoms with Crippen molar-refractivity contribution in [1.82, 2.24) is 19.2 Å². The van der Waals surface area contributed by atoms with Crippen LogP contribution in [0.15, 0.2) is 57.9 Å². The molecule has 0 radical (unpaired) electrons. The fourth-order valence-electron chi connectivity index (χ4n) is 2.86. The van der Waals surface area contributed by atoms with Crippen LogP contribution in [0.4, 0.5) is 0 Å². The van der Waals surface area contributed by atoms with Crippen molar-refractivity contribution in [3.05, 3.63) is 58.8 Å². The third kappa shape index (κ3) is 4.95. The van der Waals surface area contributed by atoms with Crippen molar-refractivity contribution in [2.75, 3.05) is 27.2 Å². The quantitative estimate of drug-likeness (QED) is 0.572. The summed E-state index contributed by atoms with van der Waals surface area (Å²) in [6.45, 7) is 1.99. The topological polar surface area (TPSA) is 67.2 Å². The minimum Gasteiger partial charge on any atom is -0.327 e. The number of sulfonamides is 1. The fraction of sp³-hybridized carbons (Fsp3) is 0.316. The van der Waals surface area contributed by atoms with Gasteiger partial charge in [-0.15, -0.1) is 0 Å². The van der Waals surface area contributed by atoms with Crippen molar-refractivity contribution in [2.24, 2.45) is 0 Å². The monoisotopic (exact) mass is 450 g/mol. The molecule has 0 aliphatic heterocycles. The molecule has 27 heavy (non-hydrogen) atoms. The highest BCUT2D eigenvalue weighted by Gasteiger charge is 2.15. The van der Waals surface area contributed by atoms with Crippen LogP contribution in [0, 0.1) is 0 Å². The van der Waals surface area contributed by atoms with Gasteiger partial charge in [-0.3, -0.25) is 0 Å². The molecule has 0 bridgehead atoms. The fourth-order valence-corrected chi connectivity index (χ4v) is 4.16. The second-order valence-electron chi connectivity index (χ2n) is 6.57. The SMILES string of the molecule is CN(C)CCn1c(CCNS(=O)(=O)c2ccc(Br)cc2)nc2ccccc21. The van der Waals surface area contributed by atoms with E-state index in [1.165, 1.54) is 0 Å². The summed E-state index contributed by atoms with van der Waals surface area (Å²) < 4.78 is 30.6. The molecular weight excluding hydrogens is 428 g/mol. The largest absolute Gasteiger partial charge is 0.327 e. The van der Waals surface area contributed by atoms with E-state index < -0.39 is 10.0 Å². The minimum atomic E-state index is -3.53.